The maximum Gasteiger partial charge on any atom is 0.417 e. The van der Waals surface area contributed by atoms with Gasteiger partial charge in [-0.15, -0.1) is 0 Å². The minimum absolute atomic E-state index is 0.114. The molecule has 2 aromatic rings. The molecule has 21 heavy (non-hydrogen) atoms. The Labute approximate surface area is 122 Å². The number of ketones is 1. The van der Waals surface area contributed by atoms with Crippen LogP contribution in [0.3, 0.4) is 0 Å². The molecule has 0 aliphatic heterocycles. The van der Waals surface area contributed by atoms with Crippen molar-refractivity contribution in [1.82, 2.24) is 9.78 Å². The SMILES string of the molecule is N#CCC(=O)c1cnn(-c2ccc(Cl)c(C(F)(F)F)c2)c1. The number of nitrogens with zero attached hydrogens (tertiary/aromatic N) is 3. The number of hydrogen-bond acceptors (Lipinski definition) is 3. The number of carbonyl (C=O) groups excluding carboxylic acids is 1. The number of hydrogen-bond donors (Lipinski definition) is 0. The van der Waals surface area contributed by atoms with Crippen LogP contribution in [0.25, 0.3) is 5.69 Å². The smallest absolute Gasteiger partial charge is 0.293 e. The monoisotopic (exact) mass is 313 g/mol. The fourth-order valence-electron chi connectivity index (χ4n) is 1.65. The summed E-state index contributed by atoms with van der Waals surface area (Å²) in [5, 5.41) is 11.8. The standard InChI is InChI=1S/C13H7ClF3N3O/c14-11-2-1-9(5-10(11)13(15,16)17)20-7-8(6-19-20)12(21)3-4-18/h1-2,5-7H,3H2. The van der Waals surface area contributed by atoms with E-state index in [1.807, 2.05) is 0 Å². The number of halogens is 4. The molecular formula is C13H7ClF3N3O. The van der Waals surface area contributed by atoms with E-state index in [2.05, 4.69) is 5.10 Å². The molecule has 1 aromatic heterocycles. The first-order chi connectivity index (χ1) is 9.82. The first-order valence-electron chi connectivity index (χ1n) is 5.65. The Hall–Kier alpha value is -2.33. The van der Waals surface area contributed by atoms with Gasteiger partial charge in [0.15, 0.2) is 5.78 Å². The van der Waals surface area contributed by atoms with E-state index in [1.165, 1.54) is 18.5 Å². The van der Waals surface area contributed by atoms with Gasteiger partial charge < -0.3 is 0 Å². The van der Waals surface area contributed by atoms with E-state index in [9.17, 15) is 18.0 Å². The molecule has 0 aliphatic carbocycles. The van der Waals surface area contributed by atoms with Gasteiger partial charge in [-0.3, -0.25) is 4.79 Å². The molecule has 4 nitrogen and oxygen atoms in total. The van der Waals surface area contributed by atoms with Crippen molar-refractivity contribution in [3.8, 4) is 11.8 Å². The number of aromatic nitrogens is 2. The number of carbonyl (C=O) groups is 1. The minimum atomic E-state index is -4.58. The number of alkyl halides is 3. The summed E-state index contributed by atoms with van der Waals surface area (Å²) < 4.78 is 39.4. The van der Waals surface area contributed by atoms with Gasteiger partial charge in [-0.2, -0.15) is 23.5 Å². The number of nitriles is 1. The molecule has 0 aliphatic rings. The quantitative estimate of drug-likeness (QED) is 0.813. The van der Waals surface area contributed by atoms with E-state index >= 15 is 0 Å². The molecule has 0 spiro atoms. The van der Waals surface area contributed by atoms with Crippen LogP contribution in [-0.4, -0.2) is 15.6 Å². The fourth-order valence-corrected chi connectivity index (χ4v) is 1.88. The summed E-state index contributed by atoms with van der Waals surface area (Å²) in [6.07, 6.45) is -2.44. The van der Waals surface area contributed by atoms with Crippen LogP contribution in [0.4, 0.5) is 13.2 Å². The van der Waals surface area contributed by atoms with Crippen molar-refractivity contribution in [3.63, 3.8) is 0 Å². The van der Waals surface area contributed by atoms with E-state index in [-0.39, 0.29) is 17.7 Å². The van der Waals surface area contributed by atoms with Crippen molar-refractivity contribution in [2.75, 3.05) is 0 Å². The topological polar surface area (TPSA) is 58.7 Å². The highest BCUT2D eigenvalue weighted by molar-refractivity contribution is 6.31. The second-order valence-corrected chi connectivity index (χ2v) is 4.50. The highest BCUT2D eigenvalue weighted by Crippen LogP contribution is 2.35. The lowest BCUT2D eigenvalue weighted by Crippen LogP contribution is -2.07. The van der Waals surface area contributed by atoms with Gasteiger partial charge in [0.25, 0.3) is 0 Å². The van der Waals surface area contributed by atoms with Gasteiger partial charge in [-0.05, 0) is 18.2 Å². The van der Waals surface area contributed by atoms with E-state index in [0.29, 0.717) is 0 Å². The summed E-state index contributed by atoms with van der Waals surface area (Å²) in [6, 6.07) is 5.00. The molecule has 0 radical (unpaired) electrons. The predicted molar refractivity (Wildman–Crippen MR) is 68.1 cm³/mol. The predicted octanol–water partition coefficient (Wildman–Crippen LogP) is 3.64. The van der Waals surface area contributed by atoms with E-state index in [0.717, 1.165) is 16.8 Å². The average Bonchev–Trinajstić information content (AvgIpc) is 2.88. The third-order valence-electron chi connectivity index (χ3n) is 2.66. The Balaban J connectivity index is 2.40. The van der Waals surface area contributed by atoms with Gasteiger partial charge in [0.1, 0.15) is 0 Å². The van der Waals surface area contributed by atoms with Crippen LogP contribution < -0.4 is 0 Å². The highest BCUT2D eigenvalue weighted by atomic mass is 35.5. The van der Waals surface area contributed by atoms with Crippen LogP contribution in [0.5, 0.6) is 0 Å². The normalized spacial score (nSPS) is 11.2. The summed E-state index contributed by atoms with van der Waals surface area (Å²) in [7, 11) is 0. The molecule has 2 rings (SSSR count). The maximum absolute atomic E-state index is 12.8. The van der Waals surface area contributed by atoms with Gasteiger partial charge in [0, 0.05) is 6.20 Å². The van der Waals surface area contributed by atoms with E-state index in [4.69, 9.17) is 16.9 Å². The molecule has 108 valence electrons. The lowest BCUT2D eigenvalue weighted by Gasteiger charge is -2.10. The fraction of sp³-hybridized carbons (Fsp3) is 0.154. The van der Waals surface area contributed by atoms with Gasteiger partial charge in [-0.25, -0.2) is 4.68 Å². The summed E-state index contributed by atoms with van der Waals surface area (Å²) >= 11 is 5.53. The van der Waals surface area contributed by atoms with Gasteiger partial charge in [0.05, 0.1) is 40.5 Å². The van der Waals surface area contributed by atoms with Crippen LogP contribution in [-0.2, 0) is 6.18 Å². The zero-order valence-corrected chi connectivity index (χ0v) is 11.1. The Morgan fingerprint density at radius 3 is 2.76 bits per heavy atom. The van der Waals surface area contributed by atoms with Gasteiger partial charge in [-0.1, -0.05) is 11.6 Å². The average molecular weight is 314 g/mol. The summed E-state index contributed by atoms with van der Waals surface area (Å²) in [5.41, 5.74) is -0.718. The minimum Gasteiger partial charge on any atom is -0.293 e. The molecule has 0 atom stereocenters. The Bertz CT molecular complexity index is 731. The van der Waals surface area contributed by atoms with E-state index < -0.39 is 22.5 Å². The van der Waals surface area contributed by atoms with Gasteiger partial charge >= 0.3 is 6.18 Å². The Kier molecular flexibility index (Phi) is 4.00. The summed E-state index contributed by atoms with van der Waals surface area (Å²) in [5.74, 6) is -0.450. The molecular weight excluding hydrogens is 307 g/mol. The molecule has 0 N–H and O–H groups in total. The summed E-state index contributed by atoms with van der Waals surface area (Å²) in [6.45, 7) is 0. The van der Waals surface area contributed by atoms with Crippen molar-refractivity contribution in [2.24, 2.45) is 0 Å². The Morgan fingerprint density at radius 2 is 2.14 bits per heavy atom. The molecule has 0 bridgehead atoms. The highest BCUT2D eigenvalue weighted by Gasteiger charge is 2.33. The Morgan fingerprint density at radius 1 is 1.43 bits per heavy atom. The van der Waals surface area contributed by atoms with Crippen LogP contribution in [0.1, 0.15) is 22.3 Å². The van der Waals surface area contributed by atoms with Crippen molar-refractivity contribution >= 4 is 17.4 Å². The molecule has 0 fully saturated rings. The zero-order chi connectivity index (χ0) is 15.6. The van der Waals surface area contributed by atoms with Crippen LogP contribution in [0.2, 0.25) is 5.02 Å². The third-order valence-corrected chi connectivity index (χ3v) is 2.99. The molecule has 0 saturated heterocycles. The maximum atomic E-state index is 12.8. The third kappa shape index (κ3) is 3.23. The van der Waals surface area contributed by atoms with Crippen molar-refractivity contribution < 1.29 is 18.0 Å². The van der Waals surface area contributed by atoms with E-state index in [1.54, 1.807) is 6.07 Å². The number of rotatable bonds is 3. The number of Topliss-reactive ketones (excluding diaryl/α,β-unsaturated/α-hetero) is 1. The lowest BCUT2D eigenvalue weighted by molar-refractivity contribution is -0.137. The zero-order valence-electron chi connectivity index (χ0n) is 10.4. The van der Waals surface area contributed by atoms with Crippen LogP contribution >= 0.6 is 11.6 Å². The second kappa shape index (κ2) is 5.58. The first-order valence-corrected chi connectivity index (χ1v) is 6.02. The molecule has 0 unspecified atom stereocenters. The molecule has 1 heterocycles. The molecule has 1 aromatic carbocycles. The molecule has 8 heteroatoms. The number of benzene rings is 1. The van der Waals surface area contributed by atoms with Crippen molar-refractivity contribution in [2.45, 2.75) is 12.6 Å². The summed E-state index contributed by atoms with van der Waals surface area (Å²) in [4.78, 5) is 11.5. The van der Waals surface area contributed by atoms with Crippen LogP contribution in [0, 0.1) is 11.3 Å². The van der Waals surface area contributed by atoms with Gasteiger partial charge in [0.2, 0.25) is 0 Å². The van der Waals surface area contributed by atoms with Crippen molar-refractivity contribution in [1.29, 1.82) is 5.26 Å². The molecule has 0 saturated carbocycles. The lowest BCUT2D eigenvalue weighted by atomic mass is 10.2. The van der Waals surface area contributed by atoms with Crippen LogP contribution in [0.15, 0.2) is 30.6 Å². The first kappa shape index (κ1) is 15.1. The molecule has 0 amide bonds. The van der Waals surface area contributed by atoms with Crippen molar-refractivity contribution in [3.05, 3.63) is 46.7 Å². The largest absolute Gasteiger partial charge is 0.417 e. The second-order valence-electron chi connectivity index (χ2n) is 4.09.